The van der Waals surface area contributed by atoms with Crippen LogP contribution in [-0.4, -0.2) is 4.98 Å². The summed E-state index contributed by atoms with van der Waals surface area (Å²) < 4.78 is 6.54. The molecule has 2 nitrogen and oxygen atoms in total. The van der Waals surface area contributed by atoms with Crippen molar-refractivity contribution in [2.45, 2.75) is 6.92 Å². The first kappa shape index (κ1) is 10.2. The monoisotopic (exact) mass is 263 g/mol. The normalized spacial score (nSPS) is 10.0. The first-order chi connectivity index (χ1) is 7.25. The van der Waals surface area contributed by atoms with Gasteiger partial charge in [0.2, 0.25) is 5.88 Å². The molecule has 3 heteroatoms. The van der Waals surface area contributed by atoms with Crippen LogP contribution < -0.4 is 4.74 Å². The molecular formula is C12H10BrNO. The molecular weight excluding hydrogens is 254 g/mol. The fourth-order valence-electron chi connectivity index (χ4n) is 1.21. The highest BCUT2D eigenvalue weighted by molar-refractivity contribution is 9.10. The van der Waals surface area contributed by atoms with Crippen LogP contribution in [0.1, 0.15) is 5.56 Å². The summed E-state index contributed by atoms with van der Waals surface area (Å²) in [5, 5.41) is 0. The summed E-state index contributed by atoms with van der Waals surface area (Å²) in [5.41, 5.74) is 1.19. The van der Waals surface area contributed by atoms with Gasteiger partial charge < -0.3 is 4.74 Å². The van der Waals surface area contributed by atoms with Crippen LogP contribution in [0.15, 0.2) is 47.1 Å². The van der Waals surface area contributed by atoms with Gasteiger partial charge in [-0.15, -0.1) is 0 Å². The van der Waals surface area contributed by atoms with Crippen LogP contribution in [0.5, 0.6) is 11.6 Å². The Labute approximate surface area is 97.1 Å². The molecule has 1 heterocycles. The van der Waals surface area contributed by atoms with E-state index in [1.807, 2.05) is 43.3 Å². The van der Waals surface area contributed by atoms with Gasteiger partial charge in [0.25, 0.3) is 0 Å². The van der Waals surface area contributed by atoms with Gasteiger partial charge in [0.1, 0.15) is 5.75 Å². The van der Waals surface area contributed by atoms with Crippen molar-refractivity contribution in [3.63, 3.8) is 0 Å². The van der Waals surface area contributed by atoms with Crippen LogP contribution in [0.2, 0.25) is 0 Å². The standard InChI is InChI=1S/C12H10BrNO/c1-9-5-6-11(10(13)8-9)15-12-4-2-3-7-14-12/h2-8H,1H3. The van der Waals surface area contributed by atoms with Crippen molar-refractivity contribution in [2.24, 2.45) is 0 Å². The Kier molecular flexibility index (Phi) is 3.02. The molecule has 2 aromatic rings. The van der Waals surface area contributed by atoms with Crippen molar-refractivity contribution >= 4 is 15.9 Å². The molecule has 76 valence electrons. The smallest absolute Gasteiger partial charge is 0.219 e. The van der Waals surface area contributed by atoms with E-state index in [0.717, 1.165) is 10.2 Å². The van der Waals surface area contributed by atoms with Crippen LogP contribution >= 0.6 is 15.9 Å². The van der Waals surface area contributed by atoms with Gasteiger partial charge in [-0.25, -0.2) is 4.98 Å². The summed E-state index contributed by atoms with van der Waals surface area (Å²) in [6.07, 6.45) is 1.71. The maximum absolute atomic E-state index is 5.61. The van der Waals surface area contributed by atoms with E-state index < -0.39 is 0 Å². The van der Waals surface area contributed by atoms with Crippen LogP contribution in [-0.2, 0) is 0 Å². The average Bonchev–Trinajstić information content (AvgIpc) is 2.24. The molecule has 0 aliphatic rings. The molecule has 0 atom stereocenters. The summed E-state index contributed by atoms with van der Waals surface area (Å²) in [6, 6.07) is 11.5. The second-order valence-corrected chi connectivity index (χ2v) is 4.06. The summed E-state index contributed by atoms with van der Waals surface area (Å²) in [7, 11) is 0. The Hall–Kier alpha value is -1.35. The molecule has 0 N–H and O–H groups in total. The maximum Gasteiger partial charge on any atom is 0.219 e. The first-order valence-electron chi connectivity index (χ1n) is 4.61. The van der Waals surface area contributed by atoms with Crippen molar-refractivity contribution in [1.29, 1.82) is 0 Å². The Bertz CT molecular complexity index is 456. The molecule has 0 fully saturated rings. The summed E-state index contributed by atoms with van der Waals surface area (Å²) >= 11 is 3.45. The molecule has 0 saturated heterocycles. The third kappa shape index (κ3) is 2.57. The van der Waals surface area contributed by atoms with Crippen LogP contribution in [0.25, 0.3) is 0 Å². The number of aryl methyl sites for hydroxylation is 1. The average molecular weight is 264 g/mol. The van der Waals surface area contributed by atoms with Gasteiger partial charge in [-0.2, -0.15) is 0 Å². The maximum atomic E-state index is 5.61. The highest BCUT2D eigenvalue weighted by atomic mass is 79.9. The van der Waals surface area contributed by atoms with Gasteiger partial charge >= 0.3 is 0 Å². The highest BCUT2D eigenvalue weighted by Crippen LogP contribution is 2.29. The fraction of sp³-hybridized carbons (Fsp3) is 0.0833. The van der Waals surface area contributed by atoms with Crippen molar-refractivity contribution < 1.29 is 4.74 Å². The number of hydrogen-bond donors (Lipinski definition) is 0. The lowest BCUT2D eigenvalue weighted by Gasteiger charge is -2.06. The Morgan fingerprint density at radius 1 is 1.20 bits per heavy atom. The fourth-order valence-corrected chi connectivity index (χ4v) is 1.78. The second-order valence-electron chi connectivity index (χ2n) is 3.20. The minimum atomic E-state index is 0.599. The predicted octanol–water partition coefficient (Wildman–Crippen LogP) is 3.94. The lowest BCUT2D eigenvalue weighted by atomic mass is 10.2. The molecule has 0 saturated carbocycles. The molecule has 0 amide bonds. The minimum absolute atomic E-state index is 0.599. The van der Waals surface area contributed by atoms with Gasteiger partial charge in [-0.3, -0.25) is 0 Å². The van der Waals surface area contributed by atoms with E-state index in [1.54, 1.807) is 6.20 Å². The zero-order chi connectivity index (χ0) is 10.7. The number of benzene rings is 1. The molecule has 0 bridgehead atoms. The number of halogens is 1. The molecule has 0 unspecified atom stereocenters. The minimum Gasteiger partial charge on any atom is -0.438 e. The van der Waals surface area contributed by atoms with E-state index in [9.17, 15) is 0 Å². The zero-order valence-corrected chi connectivity index (χ0v) is 9.86. The van der Waals surface area contributed by atoms with Gasteiger partial charge in [0, 0.05) is 12.3 Å². The zero-order valence-electron chi connectivity index (χ0n) is 8.27. The summed E-state index contributed by atoms with van der Waals surface area (Å²) in [4.78, 5) is 4.09. The summed E-state index contributed by atoms with van der Waals surface area (Å²) in [5.74, 6) is 1.38. The van der Waals surface area contributed by atoms with E-state index in [-0.39, 0.29) is 0 Å². The van der Waals surface area contributed by atoms with Crippen LogP contribution in [0, 0.1) is 6.92 Å². The van der Waals surface area contributed by atoms with Crippen molar-refractivity contribution in [1.82, 2.24) is 4.98 Å². The SMILES string of the molecule is Cc1ccc(Oc2ccccn2)c(Br)c1. The molecule has 0 spiro atoms. The predicted molar refractivity (Wildman–Crippen MR) is 63.2 cm³/mol. The highest BCUT2D eigenvalue weighted by Gasteiger charge is 2.02. The number of ether oxygens (including phenoxy) is 1. The van der Waals surface area contributed by atoms with E-state index in [0.29, 0.717) is 5.88 Å². The van der Waals surface area contributed by atoms with Gasteiger partial charge in [-0.05, 0) is 46.6 Å². The molecule has 1 aromatic carbocycles. The number of nitrogens with zero attached hydrogens (tertiary/aromatic N) is 1. The quantitative estimate of drug-likeness (QED) is 0.819. The van der Waals surface area contributed by atoms with E-state index in [2.05, 4.69) is 20.9 Å². The Morgan fingerprint density at radius 3 is 2.73 bits per heavy atom. The van der Waals surface area contributed by atoms with Gasteiger partial charge in [0.05, 0.1) is 4.47 Å². The largest absolute Gasteiger partial charge is 0.438 e. The van der Waals surface area contributed by atoms with Gasteiger partial charge in [0.15, 0.2) is 0 Å². The van der Waals surface area contributed by atoms with E-state index >= 15 is 0 Å². The lowest BCUT2D eigenvalue weighted by molar-refractivity contribution is 0.460. The van der Waals surface area contributed by atoms with Crippen LogP contribution in [0.4, 0.5) is 0 Å². The molecule has 2 rings (SSSR count). The van der Waals surface area contributed by atoms with E-state index in [4.69, 9.17) is 4.74 Å². The second kappa shape index (κ2) is 4.45. The summed E-state index contributed by atoms with van der Waals surface area (Å²) in [6.45, 7) is 2.04. The molecule has 0 aliphatic carbocycles. The molecule has 0 aliphatic heterocycles. The Balaban J connectivity index is 2.25. The van der Waals surface area contributed by atoms with Crippen molar-refractivity contribution in [3.05, 3.63) is 52.6 Å². The molecule has 1 aromatic heterocycles. The van der Waals surface area contributed by atoms with Gasteiger partial charge in [-0.1, -0.05) is 12.1 Å². The Morgan fingerprint density at radius 2 is 2.07 bits per heavy atom. The van der Waals surface area contributed by atoms with Crippen molar-refractivity contribution in [2.75, 3.05) is 0 Å². The first-order valence-corrected chi connectivity index (χ1v) is 5.40. The number of aromatic nitrogens is 1. The number of hydrogen-bond acceptors (Lipinski definition) is 2. The van der Waals surface area contributed by atoms with Crippen LogP contribution in [0.3, 0.4) is 0 Å². The number of pyridine rings is 1. The third-order valence-corrected chi connectivity index (χ3v) is 2.56. The molecule has 0 radical (unpaired) electrons. The number of rotatable bonds is 2. The molecule has 15 heavy (non-hydrogen) atoms. The topological polar surface area (TPSA) is 22.1 Å². The van der Waals surface area contributed by atoms with Crippen molar-refractivity contribution in [3.8, 4) is 11.6 Å². The van der Waals surface area contributed by atoms with E-state index in [1.165, 1.54) is 5.56 Å². The lowest BCUT2D eigenvalue weighted by Crippen LogP contribution is -1.88. The third-order valence-electron chi connectivity index (χ3n) is 1.94.